The van der Waals surface area contributed by atoms with Crippen molar-refractivity contribution in [1.82, 2.24) is 4.98 Å². The molecule has 2 rings (SSSR count). The maximum atomic E-state index is 5.11. The number of methoxy groups -OCH3 is 1. The zero-order valence-corrected chi connectivity index (χ0v) is 12.1. The first-order valence-corrected chi connectivity index (χ1v) is 8.49. The quantitative estimate of drug-likeness (QED) is 0.837. The third-order valence-electron chi connectivity index (χ3n) is 2.56. The Morgan fingerprint density at radius 1 is 1.44 bits per heavy atom. The van der Waals surface area contributed by atoms with Crippen LogP contribution in [0.25, 0.3) is 0 Å². The lowest BCUT2D eigenvalue weighted by molar-refractivity contribution is 0.182. The molecule has 0 N–H and O–H groups in total. The molecule has 1 fully saturated rings. The Balaban J connectivity index is 2.08. The number of ether oxygens (including phenoxy) is 1. The fourth-order valence-corrected chi connectivity index (χ4v) is 6.04. The van der Waals surface area contributed by atoms with Crippen LogP contribution in [0.15, 0.2) is 5.38 Å². The highest BCUT2D eigenvalue weighted by atomic mass is 32.2. The highest BCUT2D eigenvalue weighted by Gasteiger charge is 2.28. The molecule has 1 aliphatic heterocycles. The third kappa shape index (κ3) is 2.94. The zero-order valence-electron chi connectivity index (χ0n) is 9.64. The van der Waals surface area contributed by atoms with Crippen molar-refractivity contribution in [2.75, 3.05) is 18.6 Å². The number of thioether (sulfide) groups is 2. The monoisotopic (exact) mass is 275 g/mol. The van der Waals surface area contributed by atoms with Crippen LogP contribution in [0.4, 0.5) is 0 Å². The van der Waals surface area contributed by atoms with Gasteiger partial charge in [0.15, 0.2) is 0 Å². The largest absolute Gasteiger partial charge is 0.378 e. The molecule has 1 aromatic rings. The lowest BCUT2D eigenvalue weighted by atomic mass is 10.2. The van der Waals surface area contributed by atoms with E-state index in [0.29, 0.717) is 11.9 Å². The first-order valence-electron chi connectivity index (χ1n) is 5.51. The molecular formula is C11H17NOS3. The Labute approximate surface area is 110 Å². The van der Waals surface area contributed by atoms with Gasteiger partial charge in [-0.1, -0.05) is 6.92 Å². The van der Waals surface area contributed by atoms with Gasteiger partial charge in [-0.3, -0.25) is 0 Å². The number of aromatic nitrogens is 1. The number of nitrogens with zero attached hydrogens (tertiary/aromatic N) is 1. The van der Waals surface area contributed by atoms with Crippen molar-refractivity contribution in [1.29, 1.82) is 0 Å². The SMILES string of the molecule is CCC1SCCSC1c1nc(COC)cs1. The Morgan fingerprint density at radius 2 is 2.25 bits per heavy atom. The molecular weight excluding hydrogens is 258 g/mol. The fourth-order valence-electron chi connectivity index (χ4n) is 1.80. The molecule has 0 spiro atoms. The highest BCUT2D eigenvalue weighted by molar-refractivity contribution is 8.06. The van der Waals surface area contributed by atoms with Gasteiger partial charge < -0.3 is 4.74 Å². The summed E-state index contributed by atoms with van der Waals surface area (Å²) in [5.74, 6) is 2.54. The lowest BCUT2D eigenvalue weighted by Gasteiger charge is -2.28. The molecule has 0 amide bonds. The molecule has 2 nitrogen and oxygen atoms in total. The molecule has 0 bridgehead atoms. The summed E-state index contributed by atoms with van der Waals surface area (Å²) in [6.07, 6.45) is 1.24. The molecule has 1 saturated heterocycles. The Kier molecular flexibility index (Phi) is 5.00. The van der Waals surface area contributed by atoms with Gasteiger partial charge in [-0.15, -0.1) is 23.1 Å². The minimum Gasteiger partial charge on any atom is -0.378 e. The molecule has 0 aromatic carbocycles. The van der Waals surface area contributed by atoms with Crippen LogP contribution in [0.2, 0.25) is 0 Å². The Morgan fingerprint density at radius 3 is 3.00 bits per heavy atom. The maximum Gasteiger partial charge on any atom is 0.107 e. The molecule has 0 saturated carbocycles. The molecule has 1 aliphatic rings. The normalized spacial score (nSPS) is 25.9. The number of hydrogen-bond acceptors (Lipinski definition) is 5. The summed E-state index contributed by atoms with van der Waals surface area (Å²) in [7, 11) is 1.72. The van der Waals surface area contributed by atoms with E-state index in [9.17, 15) is 0 Å². The van der Waals surface area contributed by atoms with E-state index in [-0.39, 0.29) is 0 Å². The average molecular weight is 275 g/mol. The van der Waals surface area contributed by atoms with Gasteiger partial charge in [0, 0.05) is 29.2 Å². The molecule has 2 unspecified atom stereocenters. The van der Waals surface area contributed by atoms with E-state index in [1.807, 2.05) is 0 Å². The van der Waals surface area contributed by atoms with Crippen molar-refractivity contribution >= 4 is 34.9 Å². The van der Waals surface area contributed by atoms with Crippen molar-refractivity contribution in [3.63, 3.8) is 0 Å². The van der Waals surface area contributed by atoms with Crippen molar-refractivity contribution in [2.24, 2.45) is 0 Å². The van der Waals surface area contributed by atoms with Crippen LogP contribution in [0.5, 0.6) is 0 Å². The molecule has 5 heteroatoms. The number of hydrogen-bond donors (Lipinski definition) is 0. The van der Waals surface area contributed by atoms with Crippen LogP contribution in [0.3, 0.4) is 0 Å². The van der Waals surface area contributed by atoms with Crippen LogP contribution in [0, 0.1) is 0 Å². The van der Waals surface area contributed by atoms with Crippen molar-refractivity contribution in [2.45, 2.75) is 30.5 Å². The standard InChI is InChI=1S/C11H17NOS3/c1-3-9-10(15-5-4-14-9)11-12-8(6-13-2)7-16-11/h7,9-10H,3-6H2,1-2H3. The predicted octanol–water partition coefficient (Wildman–Crippen LogP) is 3.59. The second kappa shape index (κ2) is 6.28. The van der Waals surface area contributed by atoms with E-state index >= 15 is 0 Å². The van der Waals surface area contributed by atoms with Gasteiger partial charge in [-0.25, -0.2) is 4.98 Å². The van der Waals surface area contributed by atoms with Gasteiger partial charge in [-0.05, 0) is 6.42 Å². The van der Waals surface area contributed by atoms with Crippen LogP contribution in [-0.2, 0) is 11.3 Å². The molecule has 2 heterocycles. The van der Waals surface area contributed by atoms with E-state index in [2.05, 4.69) is 40.8 Å². The lowest BCUT2D eigenvalue weighted by Crippen LogP contribution is -2.18. The third-order valence-corrected chi connectivity index (χ3v) is 6.94. The molecule has 90 valence electrons. The highest BCUT2D eigenvalue weighted by Crippen LogP contribution is 2.44. The zero-order chi connectivity index (χ0) is 11.4. The predicted molar refractivity (Wildman–Crippen MR) is 74.6 cm³/mol. The number of thiazole rings is 1. The van der Waals surface area contributed by atoms with E-state index in [1.165, 1.54) is 22.9 Å². The second-order valence-corrected chi connectivity index (χ2v) is 7.21. The molecule has 0 radical (unpaired) electrons. The van der Waals surface area contributed by atoms with E-state index < -0.39 is 0 Å². The minimum atomic E-state index is 0.597. The molecule has 2 atom stereocenters. The minimum absolute atomic E-state index is 0.597. The van der Waals surface area contributed by atoms with Gasteiger partial charge >= 0.3 is 0 Å². The van der Waals surface area contributed by atoms with Crippen molar-refractivity contribution in [3.8, 4) is 0 Å². The molecule has 1 aromatic heterocycles. The summed E-state index contributed by atoms with van der Waals surface area (Å²) in [6.45, 7) is 2.91. The van der Waals surface area contributed by atoms with Crippen molar-refractivity contribution in [3.05, 3.63) is 16.1 Å². The summed E-state index contributed by atoms with van der Waals surface area (Å²) < 4.78 is 5.11. The van der Waals surface area contributed by atoms with Crippen LogP contribution < -0.4 is 0 Å². The fraction of sp³-hybridized carbons (Fsp3) is 0.727. The Hall–Kier alpha value is 0.290. The first-order chi connectivity index (χ1) is 7.85. The summed E-state index contributed by atoms with van der Waals surface area (Å²) in [6, 6.07) is 0. The van der Waals surface area contributed by atoms with E-state index in [1.54, 1.807) is 18.4 Å². The summed E-state index contributed by atoms with van der Waals surface area (Å²) >= 11 is 5.96. The topological polar surface area (TPSA) is 22.1 Å². The van der Waals surface area contributed by atoms with Gasteiger partial charge in [0.1, 0.15) is 5.01 Å². The molecule has 16 heavy (non-hydrogen) atoms. The summed E-state index contributed by atoms with van der Waals surface area (Å²) in [5.41, 5.74) is 1.08. The van der Waals surface area contributed by atoms with Gasteiger partial charge in [0.25, 0.3) is 0 Å². The van der Waals surface area contributed by atoms with Crippen LogP contribution in [-0.4, -0.2) is 28.8 Å². The first kappa shape index (κ1) is 12.7. The van der Waals surface area contributed by atoms with Crippen molar-refractivity contribution < 1.29 is 4.74 Å². The summed E-state index contributed by atoms with van der Waals surface area (Å²) in [4.78, 5) is 4.68. The average Bonchev–Trinajstić information content (AvgIpc) is 2.78. The van der Waals surface area contributed by atoms with E-state index in [0.717, 1.165) is 10.9 Å². The number of rotatable bonds is 4. The van der Waals surface area contributed by atoms with Gasteiger partial charge in [0.2, 0.25) is 0 Å². The van der Waals surface area contributed by atoms with Gasteiger partial charge in [-0.2, -0.15) is 11.8 Å². The summed E-state index contributed by atoms with van der Waals surface area (Å²) in [5, 5.41) is 4.75. The molecule has 0 aliphatic carbocycles. The Bertz CT molecular complexity index is 329. The van der Waals surface area contributed by atoms with E-state index in [4.69, 9.17) is 4.74 Å². The smallest absolute Gasteiger partial charge is 0.107 e. The van der Waals surface area contributed by atoms with Gasteiger partial charge in [0.05, 0.1) is 17.6 Å². The maximum absolute atomic E-state index is 5.11. The second-order valence-electron chi connectivity index (χ2n) is 3.72. The van der Waals surface area contributed by atoms with Crippen LogP contribution >= 0.6 is 34.9 Å². The van der Waals surface area contributed by atoms with Crippen LogP contribution in [0.1, 0.15) is 29.3 Å².